The zero-order valence-corrected chi connectivity index (χ0v) is 6.53. The van der Waals surface area contributed by atoms with Crippen LogP contribution in [0.25, 0.3) is 0 Å². The molecule has 0 saturated carbocycles. The van der Waals surface area contributed by atoms with E-state index in [1.165, 1.54) is 0 Å². The van der Waals surface area contributed by atoms with Crippen molar-refractivity contribution in [1.82, 2.24) is 9.97 Å². The fraction of sp³-hybridized carbons (Fsp3) is 0.286. The number of hydrogen-bond acceptors (Lipinski definition) is 4. The second-order valence-corrected chi connectivity index (χ2v) is 2.31. The molecule has 1 amide bonds. The molecule has 0 saturated heterocycles. The molecule has 0 bridgehead atoms. The number of carbonyl (C=O) groups is 1. The van der Waals surface area contributed by atoms with Gasteiger partial charge in [-0.15, -0.1) is 0 Å². The van der Waals surface area contributed by atoms with Crippen LogP contribution in [0, 0.1) is 0 Å². The topological polar surface area (TPSA) is 94.9 Å². The van der Waals surface area contributed by atoms with E-state index in [1.54, 1.807) is 12.3 Å². The molecular weight excluding hydrogens is 156 g/mol. The number of amides is 1. The number of aromatic nitrogens is 2. The van der Waals surface area contributed by atoms with Crippen molar-refractivity contribution in [3.63, 3.8) is 0 Å². The minimum atomic E-state index is -0.441. The van der Waals surface area contributed by atoms with Gasteiger partial charge in [0, 0.05) is 12.7 Å². The van der Waals surface area contributed by atoms with Crippen molar-refractivity contribution in [2.45, 2.75) is 13.0 Å². The van der Waals surface area contributed by atoms with E-state index in [-0.39, 0.29) is 6.42 Å². The Balaban J connectivity index is 2.79. The number of nitrogens with zero attached hydrogens (tertiary/aromatic N) is 2. The molecule has 1 aromatic heterocycles. The van der Waals surface area contributed by atoms with Crippen LogP contribution in [0.3, 0.4) is 0 Å². The van der Waals surface area contributed by atoms with Gasteiger partial charge >= 0.3 is 0 Å². The molecule has 0 fully saturated rings. The first kappa shape index (κ1) is 8.61. The number of nitrogens with two attached hydrogens (primary N) is 2. The van der Waals surface area contributed by atoms with Crippen molar-refractivity contribution < 1.29 is 4.79 Å². The Morgan fingerprint density at radius 2 is 2.33 bits per heavy atom. The van der Waals surface area contributed by atoms with Crippen LogP contribution in [-0.2, 0) is 17.8 Å². The van der Waals surface area contributed by atoms with Gasteiger partial charge in [0.15, 0.2) is 0 Å². The summed E-state index contributed by atoms with van der Waals surface area (Å²) in [5.41, 5.74) is 11.0. The van der Waals surface area contributed by atoms with Gasteiger partial charge in [0.25, 0.3) is 0 Å². The summed E-state index contributed by atoms with van der Waals surface area (Å²) in [6, 6.07) is 1.70. The maximum atomic E-state index is 10.5. The molecule has 0 aromatic carbocycles. The van der Waals surface area contributed by atoms with Crippen LogP contribution in [0.4, 0.5) is 0 Å². The molecule has 4 N–H and O–H groups in total. The number of carbonyl (C=O) groups excluding carboxylic acids is 1. The molecule has 5 heteroatoms. The highest BCUT2D eigenvalue weighted by molar-refractivity contribution is 5.75. The zero-order valence-electron chi connectivity index (χ0n) is 6.53. The van der Waals surface area contributed by atoms with Gasteiger partial charge in [-0.05, 0) is 6.07 Å². The van der Waals surface area contributed by atoms with Crippen LogP contribution in [-0.4, -0.2) is 15.9 Å². The van der Waals surface area contributed by atoms with Gasteiger partial charge in [-0.25, -0.2) is 9.97 Å². The third kappa shape index (κ3) is 2.28. The van der Waals surface area contributed by atoms with E-state index in [4.69, 9.17) is 11.5 Å². The first-order valence-electron chi connectivity index (χ1n) is 3.51. The molecule has 5 nitrogen and oxygen atoms in total. The van der Waals surface area contributed by atoms with Crippen molar-refractivity contribution in [2.75, 3.05) is 0 Å². The number of rotatable bonds is 3. The first-order chi connectivity index (χ1) is 5.72. The highest BCUT2D eigenvalue weighted by Crippen LogP contribution is 1.94. The van der Waals surface area contributed by atoms with Gasteiger partial charge in [-0.3, -0.25) is 4.79 Å². The summed E-state index contributed by atoms with van der Waals surface area (Å²) in [4.78, 5) is 18.3. The Labute approximate surface area is 69.8 Å². The lowest BCUT2D eigenvalue weighted by molar-refractivity contribution is -0.117. The molecule has 0 aliphatic heterocycles. The summed E-state index contributed by atoms with van der Waals surface area (Å²) >= 11 is 0. The fourth-order valence-corrected chi connectivity index (χ4v) is 0.796. The Hall–Kier alpha value is -1.49. The van der Waals surface area contributed by atoms with E-state index in [1.807, 2.05) is 0 Å². The standard InChI is InChI=1S/C7H10N4O/c8-4-5-1-2-10-7(11-5)3-6(9)12/h1-2H,3-4,8H2,(H2,9,12). The Morgan fingerprint density at radius 1 is 1.58 bits per heavy atom. The van der Waals surface area contributed by atoms with Gasteiger partial charge in [0.1, 0.15) is 5.82 Å². The van der Waals surface area contributed by atoms with Crippen molar-refractivity contribution in [2.24, 2.45) is 11.5 Å². The van der Waals surface area contributed by atoms with Crippen molar-refractivity contribution in [3.05, 3.63) is 23.8 Å². The van der Waals surface area contributed by atoms with Crippen LogP contribution in [0.15, 0.2) is 12.3 Å². The average molecular weight is 166 g/mol. The number of primary amides is 1. The highest BCUT2D eigenvalue weighted by Gasteiger charge is 2.01. The molecule has 64 valence electrons. The smallest absolute Gasteiger partial charge is 0.225 e. The van der Waals surface area contributed by atoms with Gasteiger partial charge in [0.2, 0.25) is 5.91 Å². The normalized spacial score (nSPS) is 9.75. The summed E-state index contributed by atoms with van der Waals surface area (Å²) in [6.07, 6.45) is 1.63. The predicted octanol–water partition coefficient (Wildman–Crippen LogP) is -1.04. The fourth-order valence-electron chi connectivity index (χ4n) is 0.796. The highest BCUT2D eigenvalue weighted by atomic mass is 16.1. The monoisotopic (exact) mass is 166 g/mol. The van der Waals surface area contributed by atoms with Gasteiger partial charge in [-0.1, -0.05) is 0 Å². The predicted molar refractivity (Wildman–Crippen MR) is 42.8 cm³/mol. The lowest BCUT2D eigenvalue weighted by Crippen LogP contribution is -2.16. The molecule has 0 unspecified atom stereocenters. The van der Waals surface area contributed by atoms with Crippen molar-refractivity contribution in [3.8, 4) is 0 Å². The summed E-state index contributed by atoms with van der Waals surface area (Å²) in [5, 5.41) is 0. The van der Waals surface area contributed by atoms with E-state index >= 15 is 0 Å². The third-order valence-electron chi connectivity index (χ3n) is 1.30. The largest absolute Gasteiger partial charge is 0.369 e. The lowest BCUT2D eigenvalue weighted by Gasteiger charge is -1.98. The molecule has 0 atom stereocenters. The van der Waals surface area contributed by atoms with Crippen molar-refractivity contribution >= 4 is 5.91 Å². The SMILES string of the molecule is NCc1ccnc(CC(N)=O)n1. The van der Waals surface area contributed by atoms with E-state index in [2.05, 4.69) is 9.97 Å². The minimum Gasteiger partial charge on any atom is -0.369 e. The van der Waals surface area contributed by atoms with Crippen molar-refractivity contribution in [1.29, 1.82) is 0 Å². The van der Waals surface area contributed by atoms with E-state index in [0.717, 1.165) is 0 Å². The Bertz CT molecular complexity index is 286. The third-order valence-corrected chi connectivity index (χ3v) is 1.30. The molecular formula is C7H10N4O. The van der Waals surface area contributed by atoms with Crippen LogP contribution in [0.1, 0.15) is 11.5 Å². The summed E-state index contributed by atoms with van der Waals surface area (Å²) in [7, 11) is 0. The van der Waals surface area contributed by atoms with Gasteiger partial charge in [-0.2, -0.15) is 0 Å². The summed E-state index contributed by atoms with van der Waals surface area (Å²) in [6.45, 7) is 0.342. The molecule has 0 spiro atoms. The zero-order chi connectivity index (χ0) is 8.97. The quantitative estimate of drug-likeness (QED) is 0.599. The molecule has 1 heterocycles. The maximum Gasteiger partial charge on any atom is 0.225 e. The second-order valence-electron chi connectivity index (χ2n) is 2.31. The summed E-state index contributed by atoms with van der Waals surface area (Å²) < 4.78 is 0. The molecule has 12 heavy (non-hydrogen) atoms. The van der Waals surface area contributed by atoms with E-state index in [9.17, 15) is 4.79 Å². The Morgan fingerprint density at radius 3 is 2.92 bits per heavy atom. The van der Waals surface area contributed by atoms with E-state index < -0.39 is 5.91 Å². The van der Waals surface area contributed by atoms with Gasteiger partial charge < -0.3 is 11.5 Å². The van der Waals surface area contributed by atoms with E-state index in [0.29, 0.717) is 18.1 Å². The minimum absolute atomic E-state index is 0.0633. The lowest BCUT2D eigenvalue weighted by atomic mass is 10.3. The molecule has 1 aromatic rings. The molecule has 0 aliphatic rings. The number of hydrogen-bond donors (Lipinski definition) is 2. The van der Waals surface area contributed by atoms with Crippen LogP contribution in [0.5, 0.6) is 0 Å². The molecule has 0 radical (unpaired) electrons. The van der Waals surface area contributed by atoms with Crippen LogP contribution in [0.2, 0.25) is 0 Å². The second kappa shape index (κ2) is 3.77. The average Bonchev–Trinajstić information content (AvgIpc) is 2.03. The van der Waals surface area contributed by atoms with Gasteiger partial charge in [0.05, 0.1) is 12.1 Å². The Kier molecular flexibility index (Phi) is 2.71. The summed E-state index contributed by atoms with van der Waals surface area (Å²) in [5.74, 6) is -0.0189. The molecule has 1 rings (SSSR count). The maximum absolute atomic E-state index is 10.5. The van der Waals surface area contributed by atoms with Crippen LogP contribution < -0.4 is 11.5 Å². The first-order valence-corrected chi connectivity index (χ1v) is 3.51. The molecule has 0 aliphatic carbocycles. The van der Waals surface area contributed by atoms with Crippen LogP contribution >= 0.6 is 0 Å².